The molecular weight excluding hydrogens is 444 g/mol. The van der Waals surface area contributed by atoms with Crippen molar-refractivity contribution in [3.63, 3.8) is 0 Å². The van der Waals surface area contributed by atoms with Crippen LogP contribution in [0.4, 0.5) is 0 Å². The number of rotatable bonds is 11. The Hall–Kier alpha value is -2.49. The fourth-order valence-corrected chi connectivity index (χ4v) is 5.53. The Labute approximate surface area is 196 Å². The largest absolute Gasteiger partial charge is 0.464 e. The summed E-state index contributed by atoms with van der Waals surface area (Å²) in [6.07, 6.45) is 0.441. The van der Waals surface area contributed by atoms with E-state index in [4.69, 9.17) is 9.47 Å². The fraction of sp³-hybridized carbons (Fsp3) is 0.500. The van der Waals surface area contributed by atoms with Crippen LogP contribution < -0.4 is 0 Å². The zero-order chi connectivity index (χ0) is 24.9. The van der Waals surface area contributed by atoms with E-state index in [2.05, 4.69) is 0 Å². The van der Waals surface area contributed by atoms with Crippen LogP contribution in [-0.2, 0) is 26.5 Å². The van der Waals surface area contributed by atoms with Crippen LogP contribution >= 0.6 is 0 Å². The molecule has 0 aliphatic heterocycles. The molecule has 0 aliphatic rings. The van der Waals surface area contributed by atoms with Gasteiger partial charge in [-0.25, -0.2) is 13.2 Å². The normalized spacial score (nSPS) is 12.7. The number of sulfonamides is 1. The minimum Gasteiger partial charge on any atom is -0.464 e. The molecule has 0 spiro atoms. The molecule has 2 aromatic rings. The maximum absolute atomic E-state index is 13.6. The van der Waals surface area contributed by atoms with Gasteiger partial charge in [-0.1, -0.05) is 17.7 Å². The highest BCUT2D eigenvalue weighted by Gasteiger charge is 2.36. The van der Waals surface area contributed by atoms with Crippen molar-refractivity contribution in [1.29, 1.82) is 0 Å². The van der Waals surface area contributed by atoms with Crippen molar-refractivity contribution in [3.05, 3.63) is 52.3 Å². The van der Waals surface area contributed by atoms with Gasteiger partial charge in [0.15, 0.2) is 5.78 Å². The number of nitrogens with zero attached hydrogens (tertiary/aromatic N) is 2. The average Bonchev–Trinajstić information content (AvgIpc) is 3.00. The topological polar surface area (TPSA) is 94.9 Å². The van der Waals surface area contributed by atoms with Crippen LogP contribution in [0.5, 0.6) is 0 Å². The van der Waals surface area contributed by atoms with Gasteiger partial charge in [0.05, 0.1) is 18.0 Å². The highest BCUT2D eigenvalue weighted by atomic mass is 32.2. The third-order valence-electron chi connectivity index (χ3n) is 5.87. The quantitative estimate of drug-likeness (QED) is 0.279. The molecule has 1 aromatic heterocycles. The third kappa shape index (κ3) is 5.54. The number of ether oxygens (including phenoxy) is 2. The van der Waals surface area contributed by atoms with Crippen LogP contribution in [-0.4, -0.2) is 62.0 Å². The first-order chi connectivity index (χ1) is 15.5. The lowest BCUT2D eigenvalue weighted by Crippen LogP contribution is -2.44. The number of esters is 1. The summed E-state index contributed by atoms with van der Waals surface area (Å²) in [6.45, 7) is 9.76. The van der Waals surface area contributed by atoms with Crippen molar-refractivity contribution < 1.29 is 27.5 Å². The predicted octanol–water partition coefficient (Wildman–Crippen LogP) is 3.43. The lowest BCUT2D eigenvalue weighted by atomic mass is 10.0. The molecule has 9 heteroatoms. The van der Waals surface area contributed by atoms with E-state index in [-0.39, 0.29) is 22.9 Å². The number of ketones is 1. The summed E-state index contributed by atoms with van der Waals surface area (Å²) in [5.74, 6) is -0.923. The van der Waals surface area contributed by atoms with Gasteiger partial charge in [0, 0.05) is 38.1 Å². The molecule has 1 atom stereocenters. The first kappa shape index (κ1) is 26.8. The SMILES string of the molecule is CCOCCCN([C@H](C)C(=O)c1c(C)c(C(=O)OC)n(C)c1C)S(=O)(=O)c1ccc(C)cc1. The van der Waals surface area contributed by atoms with Gasteiger partial charge in [0.1, 0.15) is 5.69 Å². The Balaban J connectivity index is 2.50. The Morgan fingerprint density at radius 3 is 2.27 bits per heavy atom. The molecule has 8 nitrogen and oxygen atoms in total. The number of carbonyl (C=O) groups excluding carboxylic acids is 2. The molecule has 0 saturated carbocycles. The minimum absolute atomic E-state index is 0.123. The Morgan fingerprint density at radius 2 is 1.73 bits per heavy atom. The molecule has 0 fully saturated rings. The zero-order valence-electron chi connectivity index (χ0n) is 20.5. The van der Waals surface area contributed by atoms with Crippen LogP contribution in [0, 0.1) is 20.8 Å². The molecule has 0 saturated heterocycles. The van der Waals surface area contributed by atoms with E-state index in [1.54, 1.807) is 56.7 Å². The van der Waals surface area contributed by atoms with Gasteiger partial charge in [0.25, 0.3) is 0 Å². The van der Waals surface area contributed by atoms with Gasteiger partial charge < -0.3 is 14.0 Å². The Kier molecular flexibility index (Phi) is 8.99. The summed E-state index contributed by atoms with van der Waals surface area (Å²) in [7, 11) is -0.989. The summed E-state index contributed by atoms with van der Waals surface area (Å²) >= 11 is 0. The lowest BCUT2D eigenvalue weighted by molar-refractivity contribution is 0.0588. The van der Waals surface area contributed by atoms with E-state index in [1.807, 2.05) is 13.8 Å². The number of aryl methyl sites for hydroxylation is 1. The molecule has 1 heterocycles. The monoisotopic (exact) mass is 478 g/mol. The van der Waals surface area contributed by atoms with Gasteiger partial charge in [0.2, 0.25) is 10.0 Å². The van der Waals surface area contributed by atoms with Gasteiger partial charge in [-0.05, 0) is 58.7 Å². The fourth-order valence-electron chi connectivity index (χ4n) is 3.90. The standard InChI is InChI=1S/C24H34N2O6S/c1-8-32-15-9-14-26(33(29,30)20-12-10-16(2)11-13-20)19(5)23(27)21-17(3)22(24(28)31-7)25(6)18(21)4/h10-13,19H,8-9,14-15H2,1-7H3/t19-/m1/s1. The molecule has 0 N–H and O–H groups in total. The predicted molar refractivity (Wildman–Crippen MR) is 126 cm³/mol. The average molecular weight is 479 g/mol. The van der Waals surface area contributed by atoms with Crippen molar-refractivity contribution in [2.45, 2.75) is 52.0 Å². The first-order valence-corrected chi connectivity index (χ1v) is 12.4. The number of aromatic nitrogens is 1. The third-order valence-corrected chi connectivity index (χ3v) is 7.85. The minimum atomic E-state index is -3.95. The molecule has 1 aromatic carbocycles. The van der Waals surface area contributed by atoms with Crippen molar-refractivity contribution >= 4 is 21.8 Å². The summed E-state index contributed by atoms with van der Waals surface area (Å²) in [6, 6.07) is 5.57. The van der Waals surface area contributed by atoms with E-state index in [0.29, 0.717) is 36.5 Å². The van der Waals surface area contributed by atoms with Crippen LogP contribution in [0.25, 0.3) is 0 Å². The van der Waals surface area contributed by atoms with E-state index in [0.717, 1.165) is 5.56 Å². The number of methoxy groups -OCH3 is 1. The Bertz CT molecular complexity index is 1100. The second-order valence-electron chi connectivity index (χ2n) is 8.00. The molecular formula is C24H34N2O6S. The van der Waals surface area contributed by atoms with Crippen molar-refractivity contribution in [2.75, 3.05) is 26.9 Å². The smallest absolute Gasteiger partial charge is 0.354 e. The van der Waals surface area contributed by atoms with E-state index in [1.165, 1.54) is 11.4 Å². The zero-order valence-corrected chi connectivity index (χ0v) is 21.3. The van der Waals surface area contributed by atoms with Crippen LogP contribution in [0.1, 0.15) is 57.9 Å². The van der Waals surface area contributed by atoms with Crippen LogP contribution in [0.2, 0.25) is 0 Å². The van der Waals surface area contributed by atoms with Crippen molar-refractivity contribution in [2.24, 2.45) is 7.05 Å². The maximum Gasteiger partial charge on any atom is 0.354 e. The van der Waals surface area contributed by atoms with Gasteiger partial charge in [-0.15, -0.1) is 0 Å². The van der Waals surface area contributed by atoms with Crippen molar-refractivity contribution in [1.82, 2.24) is 8.87 Å². The van der Waals surface area contributed by atoms with Crippen molar-refractivity contribution in [3.8, 4) is 0 Å². The summed E-state index contributed by atoms with van der Waals surface area (Å²) in [5.41, 5.74) is 2.59. The first-order valence-electron chi connectivity index (χ1n) is 10.9. The second kappa shape index (κ2) is 11.1. The van der Waals surface area contributed by atoms with E-state index < -0.39 is 22.0 Å². The molecule has 0 aliphatic carbocycles. The number of Topliss-reactive ketones (excluding diaryl/α,β-unsaturated/α-hetero) is 1. The lowest BCUT2D eigenvalue weighted by Gasteiger charge is -2.28. The highest BCUT2D eigenvalue weighted by Crippen LogP contribution is 2.27. The molecule has 0 bridgehead atoms. The number of hydrogen-bond acceptors (Lipinski definition) is 6. The summed E-state index contributed by atoms with van der Waals surface area (Å²) < 4.78 is 40.1. The number of benzene rings is 1. The molecule has 2 rings (SSSR count). The number of hydrogen-bond donors (Lipinski definition) is 0. The highest BCUT2D eigenvalue weighted by molar-refractivity contribution is 7.89. The number of carbonyl (C=O) groups is 2. The molecule has 182 valence electrons. The summed E-state index contributed by atoms with van der Waals surface area (Å²) in [4.78, 5) is 26.0. The van der Waals surface area contributed by atoms with E-state index >= 15 is 0 Å². The van der Waals surface area contributed by atoms with Crippen LogP contribution in [0.3, 0.4) is 0 Å². The molecule has 0 unspecified atom stereocenters. The maximum atomic E-state index is 13.6. The molecule has 33 heavy (non-hydrogen) atoms. The van der Waals surface area contributed by atoms with Gasteiger partial charge in [-0.3, -0.25) is 4.79 Å². The van der Waals surface area contributed by atoms with Crippen LogP contribution in [0.15, 0.2) is 29.2 Å². The van der Waals surface area contributed by atoms with Gasteiger partial charge in [-0.2, -0.15) is 4.31 Å². The van der Waals surface area contributed by atoms with E-state index in [9.17, 15) is 18.0 Å². The second-order valence-corrected chi connectivity index (χ2v) is 9.89. The van der Waals surface area contributed by atoms with Gasteiger partial charge >= 0.3 is 5.97 Å². The molecule has 0 radical (unpaired) electrons. The summed E-state index contributed by atoms with van der Waals surface area (Å²) in [5, 5.41) is 0. The molecule has 0 amide bonds. The Morgan fingerprint density at radius 1 is 1.12 bits per heavy atom.